The van der Waals surface area contributed by atoms with Crippen LogP contribution < -0.4 is 10.6 Å². The van der Waals surface area contributed by atoms with Crippen molar-refractivity contribution < 1.29 is 4.79 Å². The number of piperidine rings is 1. The van der Waals surface area contributed by atoms with Crippen LogP contribution in [0.15, 0.2) is 6.20 Å². The highest BCUT2D eigenvalue weighted by Crippen LogP contribution is 2.29. The van der Waals surface area contributed by atoms with Crippen molar-refractivity contribution >= 4 is 18.3 Å². The molecule has 1 unspecified atom stereocenters. The summed E-state index contributed by atoms with van der Waals surface area (Å²) in [6, 6.07) is 0.143. The molecule has 1 fully saturated rings. The Morgan fingerprint density at radius 2 is 2.25 bits per heavy atom. The van der Waals surface area contributed by atoms with Gasteiger partial charge in [-0.3, -0.25) is 9.48 Å². The van der Waals surface area contributed by atoms with Gasteiger partial charge in [0.15, 0.2) is 0 Å². The Labute approximate surface area is 125 Å². The molecule has 5 nitrogen and oxygen atoms in total. The van der Waals surface area contributed by atoms with Gasteiger partial charge in [0.25, 0.3) is 0 Å². The molecule has 1 aromatic rings. The second kappa shape index (κ2) is 6.59. The topological polar surface area (TPSA) is 59.0 Å². The van der Waals surface area contributed by atoms with E-state index in [1.165, 1.54) is 17.7 Å². The lowest BCUT2D eigenvalue weighted by molar-refractivity contribution is -0.124. The van der Waals surface area contributed by atoms with Crippen LogP contribution in [0, 0.1) is 0 Å². The number of carbonyl (C=O) groups is 1. The number of aromatic nitrogens is 2. The SMILES string of the molecule is Cl.Cn1ncc2c1CCCC2NC(=O)[C@H]1CCCCN1. The molecule has 0 aromatic carbocycles. The Hall–Kier alpha value is -1.07. The van der Waals surface area contributed by atoms with Gasteiger partial charge in [-0.1, -0.05) is 6.42 Å². The minimum atomic E-state index is -0.00389. The maximum absolute atomic E-state index is 12.3. The van der Waals surface area contributed by atoms with Crippen LogP contribution in [0.4, 0.5) is 0 Å². The lowest BCUT2D eigenvalue weighted by Crippen LogP contribution is -2.47. The summed E-state index contributed by atoms with van der Waals surface area (Å²) in [5.74, 6) is 0.154. The van der Waals surface area contributed by atoms with E-state index >= 15 is 0 Å². The van der Waals surface area contributed by atoms with E-state index in [4.69, 9.17) is 0 Å². The zero-order chi connectivity index (χ0) is 13.2. The zero-order valence-corrected chi connectivity index (χ0v) is 12.7. The fourth-order valence-electron chi connectivity index (χ4n) is 3.20. The first-order valence-electron chi connectivity index (χ1n) is 7.30. The van der Waals surface area contributed by atoms with Gasteiger partial charge in [0.2, 0.25) is 5.91 Å². The van der Waals surface area contributed by atoms with Crippen LogP contribution in [0.3, 0.4) is 0 Å². The average Bonchev–Trinajstić information content (AvgIpc) is 2.83. The van der Waals surface area contributed by atoms with Crippen LogP contribution in [0.2, 0.25) is 0 Å². The number of rotatable bonds is 2. The number of hydrogen-bond donors (Lipinski definition) is 2. The van der Waals surface area contributed by atoms with Crippen LogP contribution in [-0.4, -0.2) is 28.3 Å². The van der Waals surface area contributed by atoms with Crippen LogP contribution >= 0.6 is 12.4 Å². The van der Waals surface area contributed by atoms with Gasteiger partial charge in [0.05, 0.1) is 18.3 Å². The Kier molecular flexibility index (Phi) is 5.05. The molecule has 1 aliphatic heterocycles. The molecule has 0 bridgehead atoms. The smallest absolute Gasteiger partial charge is 0.237 e. The number of nitrogens with zero attached hydrogens (tertiary/aromatic N) is 2. The van der Waals surface area contributed by atoms with Crippen molar-refractivity contribution in [2.24, 2.45) is 7.05 Å². The number of carbonyl (C=O) groups excluding carboxylic acids is 1. The van der Waals surface area contributed by atoms with Crippen molar-refractivity contribution in [2.45, 2.75) is 50.6 Å². The van der Waals surface area contributed by atoms with E-state index in [0.717, 1.165) is 38.6 Å². The summed E-state index contributed by atoms with van der Waals surface area (Å²) in [5, 5.41) is 10.8. The highest BCUT2D eigenvalue weighted by molar-refractivity contribution is 5.85. The number of fused-ring (bicyclic) bond motifs is 1. The van der Waals surface area contributed by atoms with E-state index in [2.05, 4.69) is 15.7 Å². The first-order chi connectivity index (χ1) is 9.25. The molecular weight excluding hydrogens is 276 g/mol. The molecule has 2 aliphatic rings. The number of nitrogens with one attached hydrogen (secondary N) is 2. The third-order valence-electron chi connectivity index (χ3n) is 4.32. The van der Waals surface area contributed by atoms with Crippen LogP contribution in [0.1, 0.15) is 49.4 Å². The molecule has 1 aromatic heterocycles. The highest BCUT2D eigenvalue weighted by Gasteiger charge is 2.28. The molecule has 1 amide bonds. The summed E-state index contributed by atoms with van der Waals surface area (Å²) in [6.07, 6.45) is 8.41. The summed E-state index contributed by atoms with van der Waals surface area (Å²) < 4.78 is 1.94. The Morgan fingerprint density at radius 1 is 1.40 bits per heavy atom. The van der Waals surface area contributed by atoms with Crippen molar-refractivity contribution in [1.29, 1.82) is 0 Å². The third-order valence-corrected chi connectivity index (χ3v) is 4.32. The van der Waals surface area contributed by atoms with E-state index < -0.39 is 0 Å². The summed E-state index contributed by atoms with van der Waals surface area (Å²) in [7, 11) is 1.98. The molecule has 20 heavy (non-hydrogen) atoms. The molecule has 112 valence electrons. The number of aryl methyl sites for hydroxylation is 1. The van der Waals surface area contributed by atoms with Gasteiger partial charge < -0.3 is 10.6 Å². The summed E-state index contributed by atoms with van der Waals surface area (Å²) in [6.45, 7) is 0.959. The maximum Gasteiger partial charge on any atom is 0.237 e. The minimum Gasteiger partial charge on any atom is -0.348 e. The predicted octanol–water partition coefficient (Wildman–Crippen LogP) is 1.48. The third kappa shape index (κ3) is 2.99. The number of halogens is 1. The first-order valence-corrected chi connectivity index (χ1v) is 7.30. The lowest BCUT2D eigenvalue weighted by Gasteiger charge is -2.28. The molecule has 1 aliphatic carbocycles. The summed E-state index contributed by atoms with van der Waals surface area (Å²) in [4.78, 5) is 12.3. The van der Waals surface area contributed by atoms with Crippen molar-refractivity contribution in [3.8, 4) is 0 Å². The normalized spacial score (nSPS) is 25.4. The fraction of sp³-hybridized carbons (Fsp3) is 0.714. The molecule has 0 saturated carbocycles. The molecule has 3 rings (SSSR count). The largest absolute Gasteiger partial charge is 0.348 e. The van der Waals surface area contributed by atoms with Gasteiger partial charge in [-0.05, 0) is 38.6 Å². The lowest BCUT2D eigenvalue weighted by atomic mass is 9.92. The van der Waals surface area contributed by atoms with Gasteiger partial charge in [-0.25, -0.2) is 0 Å². The summed E-state index contributed by atoms with van der Waals surface area (Å²) in [5.41, 5.74) is 2.48. The van der Waals surface area contributed by atoms with Crippen molar-refractivity contribution in [3.05, 3.63) is 17.5 Å². The minimum absolute atomic E-state index is 0. The number of amides is 1. The fourth-order valence-corrected chi connectivity index (χ4v) is 3.20. The molecule has 0 radical (unpaired) electrons. The van der Waals surface area contributed by atoms with Gasteiger partial charge in [-0.15, -0.1) is 12.4 Å². The van der Waals surface area contributed by atoms with Crippen LogP contribution in [-0.2, 0) is 18.3 Å². The molecule has 2 heterocycles. The second-order valence-electron chi connectivity index (χ2n) is 5.63. The summed E-state index contributed by atoms with van der Waals surface area (Å²) >= 11 is 0. The van der Waals surface area contributed by atoms with E-state index in [0.29, 0.717) is 0 Å². The van der Waals surface area contributed by atoms with Crippen molar-refractivity contribution in [2.75, 3.05) is 6.54 Å². The van der Waals surface area contributed by atoms with Crippen molar-refractivity contribution in [1.82, 2.24) is 20.4 Å². The van der Waals surface area contributed by atoms with Crippen LogP contribution in [0.5, 0.6) is 0 Å². The Bertz CT molecular complexity index is 468. The van der Waals surface area contributed by atoms with Crippen LogP contribution in [0.25, 0.3) is 0 Å². The van der Waals surface area contributed by atoms with Gasteiger partial charge in [-0.2, -0.15) is 5.10 Å². The molecule has 1 saturated heterocycles. The average molecular weight is 299 g/mol. The van der Waals surface area contributed by atoms with E-state index in [1.807, 2.05) is 17.9 Å². The van der Waals surface area contributed by atoms with E-state index in [1.54, 1.807) is 0 Å². The standard InChI is InChI=1S/C14H22N4O.ClH/c1-18-13-7-4-6-11(10(13)9-16-18)17-14(19)12-5-2-3-8-15-12;/h9,11-12,15H,2-8H2,1H3,(H,17,19);1H/t11?,12-;/m1./s1. The van der Waals surface area contributed by atoms with Gasteiger partial charge in [0, 0.05) is 18.3 Å². The molecule has 0 spiro atoms. The quantitative estimate of drug-likeness (QED) is 0.869. The van der Waals surface area contributed by atoms with E-state index in [9.17, 15) is 4.79 Å². The van der Waals surface area contributed by atoms with Gasteiger partial charge in [0.1, 0.15) is 0 Å². The number of hydrogen-bond acceptors (Lipinski definition) is 3. The molecule has 2 N–H and O–H groups in total. The predicted molar refractivity (Wildman–Crippen MR) is 79.9 cm³/mol. The molecule has 2 atom stereocenters. The highest BCUT2D eigenvalue weighted by atomic mass is 35.5. The zero-order valence-electron chi connectivity index (χ0n) is 11.9. The van der Waals surface area contributed by atoms with E-state index in [-0.39, 0.29) is 30.4 Å². The molecule has 6 heteroatoms. The first kappa shape index (κ1) is 15.3. The van der Waals surface area contributed by atoms with Crippen molar-refractivity contribution in [3.63, 3.8) is 0 Å². The molecular formula is C14H23ClN4O. The van der Waals surface area contributed by atoms with Gasteiger partial charge >= 0.3 is 0 Å². The second-order valence-corrected chi connectivity index (χ2v) is 5.63. The Morgan fingerprint density at radius 3 is 3.00 bits per heavy atom. The maximum atomic E-state index is 12.3. The monoisotopic (exact) mass is 298 g/mol. The Balaban J connectivity index is 0.00000147.